The summed E-state index contributed by atoms with van der Waals surface area (Å²) >= 11 is 0. The van der Waals surface area contributed by atoms with Crippen LogP contribution in [0.4, 0.5) is 4.39 Å². The van der Waals surface area contributed by atoms with Gasteiger partial charge in [0.1, 0.15) is 9.84 Å². The van der Waals surface area contributed by atoms with E-state index in [0.29, 0.717) is 5.56 Å². The molecule has 96 valence electrons. The number of benzene rings is 1. The Labute approximate surface area is 100.0 Å². The molecule has 0 aliphatic rings. The Morgan fingerprint density at radius 1 is 1.47 bits per heavy atom. The fourth-order valence-corrected chi connectivity index (χ4v) is 2.33. The van der Waals surface area contributed by atoms with Gasteiger partial charge >= 0.3 is 0 Å². The van der Waals surface area contributed by atoms with Crippen molar-refractivity contribution >= 4 is 9.84 Å². The molecule has 0 spiro atoms. The number of methoxy groups -OCH3 is 1. The number of hydrogen-bond acceptors (Lipinski definition) is 4. The summed E-state index contributed by atoms with van der Waals surface area (Å²) in [5.41, 5.74) is 0.527. The molecule has 0 radical (unpaired) electrons. The van der Waals surface area contributed by atoms with E-state index in [1.165, 1.54) is 19.2 Å². The van der Waals surface area contributed by atoms with Crippen LogP contribution in [0.5, 0.6) is 5.75 Å². The van der Waals surface area contributed by atoms with Crippen LogP contribution in [0, 0.1) is 5.82 Å². The molecule has 4 nitrogen and oxygen atoms in total. The second-order valence-electron chi connectivity index (χ2n) is 3.92. The molecule has 0 saturated carbocycles. The van der Waals surface area contributed by atoms with Crippen LogP contribution in [0.2, 0.25) is 0 Å². The van der Waals surface area contributed by atoms with Crippen molar-refractivity contribution in [3.63, 3.8) is 0 Å². The zero-order chi connectivity index (χ0) is 13.1. The van der Waals surface area contributed by atoms with Crippen molar-refractivity contribution in [2.24, 2.45) is 0 Å². The number of halogens is 1. The first kappa shape index (κ1) is 13.9. The average Bonchev–Trinajstić information content (AvgIpc) is 2.14. The quantitative estimate of drug-likeness (QED) is 0.852. The molecule has 0 amide bonds. The van der Waals surface area contributed by atoms with E-state index in [9.17, 15) is 17.9 Å². The fourth-order valence-electron chi connectivity index (χ4n) is 1.52. The first-order valence-electron chi connectivity index (χ1n) is 5.00. The predicted octanol–water partition coefficient (Wildman–Crippen LogP) is 0.782. The summed E-state index contributed by atoms with van der Waals surface area (Å²) in [6, 6.07) is 4.26. The van der Waals surface area contributed by atoms with E-state index < -0.39 is 21.8 Å². The van der Waals surface area contributed by atoms with Crippen LogP contribution in [0.1, 0.15) is 5.56 Å². The van der Waals surface area contributed by atoms with Gasteiger partial charge in [-0.3, -0.25) is 0 Å². The molecule has 0 saturated heterocycles. The monoisotopic (exact) mass is 262 g/mol. The molecule has 0 bridgehead atoms. The third-order valence-electron chi connectivity index (χ3n) is 2.18. The van der Waals surface area contributed by atoms with Gasteiger partial charge in [0.05, 0.1) is 19.0 Å². The van der Waals surface area contributed by atoms with Gasteiger partial charge in [0.25, 0.3) is 0 Å². The minimum Gasteiger partial charge on any atom is -0.494 e. The van der Waals surface area contributed by atoms with Gasteiger partial charge in [-0.05, 0) is 24.1 Å². The van der Waals surface area contributed by atoms with Crippen molar-refractivity contribution in [1.29, 1.82) is 0 Å². The Kier molecular flexibility index (Phi) is 4.47. The highest BCUT2D eigenvalue weighted by atomic mass is 32.2. The van der Waals surface area contributed by atoms with Gasteiger partial charge in [-0.1, -0.05) is 6.07 Å². The third kappa shape index (κ3) is 4.70. The molecular weight excluding hydrogens is 247 g/mol. The molecule has 1 unspecified atom stereocenters. The molecule has 0 aliphatic carbocycles. The van der Waals surface area contributed by atoms with Gasteiger partial charge in [0.15, 0.2) is 11.6 Å². The number of aliphatic hydroxyl groups excluding tert-OH is 1. The molecule has 1 aromatic rings. The van der Waals surface area contributed by atoms with Crippen LogP contribution in [-0.2, 0) is 16.3 Å². The first-order valence-corrected chi connectivity index (χ1v) is 7.06. The highest BCUT2D eigenvalue weighted by Gasteiger charge is 2.14. The van der Waals surface area contributed by atoms with Crippen molar-refractivity contribution in [1.82, 2.24) is 0 Å². The standard InChI is InChI=1S/C11H15FO4S/c1-16-11-4-3-8(6-10(11)12)5-9(13)7-17(2,14)15/h3-4,6,9,13H,5,7H2,1-2H3. The fraction of sp³-hybridized carbons (Fsp3) is 0.455. The molecule has 1 aromatic carbocycles. The maximum Gasteiger partial charge on any atom is 0.165 e. The second-order valence-corrected chi connectivity index (χ2v) is 6.10. The van der Waals surface area contributed by atoms with E-state index in [4.69, 9.17) is 4.74 Å². The Balaban J connectivity index is 2.72. The third-order valence-corrected chi connectivity index (χ3v) is 3.17. The van der Waals surface area contributed by atoms with Crippen molar-refractivity contribution in [2.45, 2.75) is 12.5 Å². The Morgan fingerprint density at radius 2 is 2.12 bits per heavy atom. The number of aliphatic hydroxyl groups is 1. The highest BCUT2D eigenvalue weighted by Crippen LogP contribution is 2.18. The highest BCUT2D eigenvalue weighted by molar-refractivity contribution is 7.90. The van der Waals surface area contributed by atoms with E-state index in [1.54, 1.807) is 6.07 Å². The number of sulfone groups is 1. The zero-order valence-corrected chi connectivity index (χ0v) is 10.5. The summed E-state index contributed by atoms with van der Waals surface area (Å²) in [4.78, 5) is 0. The minimum atomic E-state index is -3.23. The number of hydrogen-bond donors (Lipinski definition) is 1. The van der Waals surface area contributed by atoms with Crippen molar-refractivity contribution in [2.75, 3.05) is 19.1 Å². The zero-order valence-electron chi connectivity index (χ0n) is 9.68. The molecule has 1 rings (SSSR count). The van der Waals surface area contributed by atoms with E-state index in [2.05, 4.69) is 0 Å². The minimum absolute atomic E-state index is 0.0913. The van der Waals surface area contributed by atoms with Crippen LogP contribution in [0.3, 0.4) is 0 Å². The van der Waals surface area contributed by atoms with E-state index in [-0.39, 0.29) is 17.9 Å². The van der Waals surface area contributed by atoms with Gasteiger partial charge in [-0.15, -0.1) is 0 Å². The van der Waals surface area contributed by atoms with Crippen molar-refractivity contribution in [3.8, 4) is 5.75 Å². The van der Waals surface area contributed by atoms with Crippen molar-refractivity contribution < 1.29 is 22.7 Å². The Morgan fingerprint density at radius 3 is 2.59 bits per heavy atom. The molecule has 1 atom stereocenters. The number of rotatable bonds is 5. The lowest BCUT2D eigenvalue weighted by atomic mass is 10.1. The summed E-state index contributed by atoms with van der Waals surface area (Å²) in [7, 11) is -1.88. The van der Waals surface area contributed by atoms with Crippen LogP contribution < -0.4 is 4.74 Å². The van der Waals surface area contributed by atoms with Gasteiger partial charge in [-0.25, -0.2) is 12.8 Å². The molecule has 0 aromatic heterocycles. The molecule has 1 N–H and O–H groups in total. The predicted molar refractivity (Wildman–Crippen MR) is 62.4 cm³/mol. The molecular formula is C11H15FO4S. The first-order chi connectivity index (χ1) is 7.81. The number of ether oxygens (including phenoxy) is 1. The lowest BCUT2D eigenvalue weighted by Crippen LogP contribution is -2.22. The van der Waals surface area contributed by atoms with Crippen LogP contribution in [0.15, 0.2) is 18.2 Å². The van der Waals surface area contributed by atoms with E-state index in [0.717, 1.165) is 6.26 Å². The molecule has 0 fully saturated rings. The maximum absolute atomic E-state index is 13.3. The largest absolute Gasteiger partial charge is 0.494 e. The van der Waals surface area contributed by atoms with Gasteiger partial charge < -0.3 is 9.84 Å². The smallest absolute Gasteiger partial charge is 0.165 e. The van der Waals surface area contributed by atoms with E-state index in [1.807, 2.05) is 0 Å². The summed E-state index contributed by atoms with van der Waals surface area (Å²) in [6.07, 6.45) is 0.108. The Bertz CT molecular complexity index is 484. The summed E-state index contributed by atoms with van der Waals surface area (Å²) < 4.78 is 40.0. The Hall–Kier alpha value is -1.14. The van der Waals surface area contributed by atoms with Crippen LogP contribution in [0.25, 0.3) is 0 Å². The van der Waals surface area contributed by atoms with Crippen molar-refractivity contribution in [3.05, 3.63) is 29.6 Å². The lowest BCUT2D eigenvalue weighted by molar-refractivity contribution is 0.198. The lowest BCUT2D eigenvalue weighted by Gasteiger charge is -2.10. The summed E-state index contributed by atoms with van der Waals surface area (Å²) in [6.45, 7) is 0. The second kappa shape index (κ2) is 5.46. The normalized spacial score (nSPS) is 13.4. The van der Waals surface area contributed by atoms with Crippen LogP contribution >= 0.6 is 0 Å². The molecule has 0 aliphatic heterocycles. The maximum atomic E-state index is 13.3. The van der Waals surface area contributed by atoms with Gasteiger partial charge in [0, 0.05) is 6.26 Å². The molecule has 0 heterocycles. The topological polar surface area (TPSA) is 63.6 Å². The van der Waals surface area contributed by atoms with E-state index >= 15 is 0 Å². The summed E-state index contributed by atoms with van der Waals surface area (Å²) in [5.74, 6) is -0.747. The molecule has 17 heavy (non-hydrogen) atoms. The SMILES string of the molecule is COc1ccc(CC(O)CS(C)(=O)=O)cc1F. The van der Waals surface area contributed by atoms with Crippen LogP contribution in [-0.4, -0.2) is 38.7 Å². The summed E-state index contributed by atoms with van der Waals surface area (Å²) in [5, 5.41) is 9.52. The molecule has 6 heteroatoms. The average molecular weight is 262 g/mol. The van der Waals surface area contributed by atoms with Gasteiger partial charge in [-0.2, -0.15) is 0 Å². The van der Waals surface area contributed by atoms with Gasteiger partial charge in [0.2, 0.25) is 0 Å².